The van der Waals surface area contributed by atoms with E-state index >= 15 is 0 Å². The maximum Gasteiger partial charge on any atom is 0.247 e. The fourth-order valence-electron chi connectivity index (χ4n) is 5.76. The SMILES string of the molecule is Cc1noc(C)c1/C=C/C(=O)N(Cc1ccc(-n2cccn2)cc1)[C@@H](Cc1ccccc1)C(=O)N1CCc2ccccc2C1. The van der Waals surface area contributed by atoms with Crippen molar-refractivity contribution in [1.29, 1.82) is 0 Å². The molecule has 222 valence electrons. The Balaban J connectivity index is 1.35. The number of hydrogen-bond acceptors (Lipinski definition) is 5. The van der Waals surface area contributed by atoms with Crippen LogP contribution in [0.25, 0.3) is 11.8 Å². The summed E-state index contributed by atoms with van der Waals surface area (Å²) < 4.78 is 7.09. The first-order valence-electron chi connectivity index (χ1n) is 14.9. The molecule has 3 aromatic carbocycles. The van der Waals surface area contributed by atoms with Crippen molar-refractivity contribution >= 4 is 17.9 Å². The zero-order valence-corrected chi connectivity index (χ0v) is 25.0. The molecule has 1 aliphatic heterocycles. The van der Waals surface area contributed by atoms with Crippen molar-refractivity contribution < 1.29 is 14.1 Å². The lowest BCUT2D eigenvalue weighted by molar-refractivity contribution is -0.144. The second-order valence-electron chi connectivity index (χ2n) is 11.1. The van der Waals surface area contributed by atoms with E-state index < -0.39 is 6.04 Å². The van der Waals surface area contributed by atoms with Crippen molar-refractivity contribution in [1.82, 2.24) is 24.7 Å². The second kappa shape index (κ2) is 13.0. The van der Waals surface area contributed by atoms with E-state index in [0.717, 1.165) is 34.4 Å². The standard InChI is InChI=1S/C36H35N5O3/c1-26-33(27(2)44-38-26)17-18-35(42)40(24-29-13-15-32(16-14-29)41-21-8-20-37-41)34(23-28-9-4-3-5-10-28)36(43)39-22-19-30-11-6-7-12-31(30)25-39/h3-18,20-21,34H,19,22-25H2,1-2H3/b18-17+/t34-/m0/s1. The first-order valence-corrected chi connectivity index (χ1v) is 14.9. The third-order valence-corrected chi connectivity index (χ3v) is 8.20. The predicted molar refractivity (Wildman–Crippen MR) is 169 cm³/mol. The van der Waals surface area contributed by atoms with E-state index in [9.17, 15) is 9.59 Å². The van der Waals surface area contributed by atoms with E-state index in [1.807, 2.05) is 97.7 Å². The van der Waals surface area contributed by atoms with Gasteiger partial charge in [-0.15, -0.1) is 0 Å². The molecule has 0 radical (unpaired) electrons. The summed E-state index contributed by atoms with van der Waals surface area (Å²) in [6.07, 6.45) is 8.07. The molecule has 3 heterocycles. The largest absolute Gasteiger partial charge is 0.361 e. The number of aryl methyl sites for hydroxylation is 2. The number of hydrogen-bond donors (Lipinski definition) is 0. The lowest BCUT2D eigenvalue weighted by Crippen LogP contribution is -2.52. The number of amides is 2. The van der Waals surface area contributed by atoms with Gasteiger partial charge in [-0.1, -0.05) is 71.9 Å². The molecule has 0 aliphatic carbocycles. The van der Waals surface area contributed by atoms with Crippen LogP contribution in [0.2, 0.25) is 0 Å². The van der Waals surface area contributed by atoms with Crippen LogP contribution in [0.3, 0.4) is 0 Å². The Morgan fingerprint density at radius 2 is 1.68 bits per heavy atom. The molecule has 0 unspecified atom stereocenters. The van der Waals surface area contributed by atoms with Gasteiger partial charge in [0, 0.05) is 50.1 Å². The highest BCUT2D eigenvalue weighted by molar-refractivity contribution is 5.96. The van der Waals surface area contributed by atoms with Crippen molar-refractivity contribution in [3.63, 3.8) is 0 Å². The smallest absolute Gasteiger partial charge is 0.247 e. The van der Waals surface area contributed by atoms with E-state index in [0.29, 0.717) is 31.0 Å². The van der Waals surface area contributed by atoms with Gasteiger partial charge in [0.25, 0.3) is 0 Å². The lowest BCUT2D eigenvalue weighted by Gasteiger charge is -2.37. The number of benzene rings is 3. The highest BCUT2D eigenvalue weighted by Crippen LogP contribution is 2.24. The van der Waals surface area contributed by atoms with Crippen LogP contribution in [0.5, 0.6) is 0 Å². The van der Waals surface area contributed by atoms with Crippen molar-refractivity contribution in [2.24, 2.45) is 0 Å². The Kier molecular flexibility index (Phi) is 8.50. The Morgan fingerprint density at radius 1 is 0.932 bits per heavy atom. The number of rotatable bonds is 9. The monoisotopic (exact) mass is 585 g/mol. The minimum absolute atomic E-state index is 0.0596. The van der Waals surface area contributed by atoms with Crippen LogP contribution in [0.1, 0.15) is 39.3 Å². The molecule has 0 saturated heterocycles. The third kappa shape index (κ3) is 6.39. The first-order chi connectivity index (χ1) is 21.5. The van der Waals surface area contributed by atoms with Gasteiger partial charge in [0.05, 0.1) is 11.4 Å². The third-order valence-electron chi connectivity index (χ3n) is 8.20. The summed E-state index contributed by atoms with van der Waals surface area (Å²) in [5.74, 6) is 0.319. The summed E-state index contributed by atoms with van der Waals surface area (Å²) in [6.45, 7) is 5.05. The molecular weight excluding hydrogens is 550 g/mol. The Bertz CT molecular complexity index is 1740. The summed E-state index contributed by atoms with van der Waals surface area (Å²) in [5, 5.41) is 8.33. The van der Waals surface area contributed by atoms with Crippen LogP contribution >= 0.6 is 0 Å². The van der Waals surface area contributed by atoms with E-state index in [-0.39, 0.29) is 18.4 Å². The maximum absolute atomic E-state index is 14.5. The molecule has 5 aromatic rings. The van der Waals surface area contributed by atoms with E-state index in [1.54, 1.807) is 21.9 Å². The fourth-order valence-corrected chi connectivity index (χ4v) is 5.76. The summed E-state index contributed by atoms with van der Waals surface area (Å²) in [4.78, 5) is 32.2. The zero-order chi connectivity index (χ0) is 30.5. The van der Waals surface area contributed by atoms with Gasteiger partial charge in [-0.25, -0.2) is 4.68 Å². The molecule has 6 rings (SSSR count). The van der Waals surface area contributed by atoms with Crippen LogP contribution in [-0.2, 0) is 35.5 Å². The number of carbonyl (C=O) groups is 2. The van der Waals surface area contributed by atoms with Gasteiger partial charge >= 0.3 is 0 Å². The maximum atomic E-state index is 14.5. The van der Waals surface area contributed by atoms with Gasteiger partial charge in [-0.05, 0) is 66.8 Å². The minimum Gasteiger partial charge on any atom is -0.361 e. The summed E-state index contributed by atoms with van der Waals surface area (Å²) in [7, 11) is 0. The highest BCUT2D eigenvalue weighted by Gasteiger charge is 2.34. The van der Waals surface area contributed by atoms with Crippen LogP contribution in [-0.4, -0.2) is 49.1 Å². The van der Waals surface area contributed by atoms with Gasteiger partial charge in [0.2, 0.25) is 11.8 Å². The van der Waals surface area contributed by atoms with Crippen LogP contribution < -0.4 is 0 Å². The molecule has 1 aliphatic rings. The summed E-state index contributed by atoms with van der Waals surface area (Å²) in [5.41, 5.74) is 6.70. The topological polar surface area (TPSA) is 84.5 Å². The molecule has 0 spiro atoms. The van der Waals surface area contributed by atoms with Crippen molar-refractivity contribution in [2.45, 2.75) is 45.8 Å². The second-order valence-corrected chi connectivity index (χ2v) is 11.1. The normalized spacial score (nSPS) is 13.5. The van der Waals surface area contributed by atoms with Crippen molar-refractivity contribution in [3.05, 3.63) is 143 Å². The molecular formula is C36H35N5O3. The van der Waals surface area contributed by atoms with Crippen molar-refractivity contribution in [2.75, 3.05) is 6.54 Å². The van der Waals surface area contributed by atoms with Gasteiger partial charge in [0.15, 0.2) is 0 Å². The van der Waals surface area contributed by atoms with Gasteiger partial charge in [0.1, 0.15) is 11.8 Å². The summed E-state index contributed by atoms with van der Waals surface area (Å²) >= 11 is 0. The molecule has 0 fully saturated rings. The molecule has 8 heteroatoms. The van der Waals surface area contributed by atoms with Gasteiger partial charge in [-0.3, -0.25) is 9.59 Å². The fraction of sp³-hybridized carbons (Fsp3) is 0.222. The molecule has 8 nitrogen and oxygen atoms in total. The number of carbonyl (C=O) groups excluding carboxylic acids is 2. The Morgan fingerprint density at radius 3 is 2.39 bits per heavy atom. The Labute approximate surface area is 257 Å². The minimum atomic E-state index is -0.713. The van der Waals surface area contributed by atoms with Crippen molar-refractivity contribution in [3.8, 4) is 5.69 Å². The number of aromatic nitrogens is 3. The zero-order valence-electron chi connectivity index (χ0n) is 25.0. The number of nitrogens with zero attached hydrogens (tertiary/aromatic N) is 5. The molecule has 0 N–H and O–H groups in total. The highest BCUT2D eigenvalue weighted by atomic mass is 16.5. The van der Waals surface area contributed by atoms with Gasteiger partial charge < -0.3 is 14.3 Å². The van der Waals surface area contributed by atoms with E-state index in [1.165, 1.54) is 11.6 Å². The molecule has 2 aromatic heterocycles. The van der Waals surface area contributed by atoms with Crippen LogP contribution in [0.15, 0.2) is 108 Å². The Hall–Kier alpha value is -5.24. The predicted octanol–water partition coefficient (Wildman–Crippen LogP) is 5.72. The molecule has 1 atom stereocenters. The molecule has 44 heavy (non-hydrogen) atoms. The van der Waals surface area contributed by atoms with E-state index in [2.05, 4.69) is 22.4 Å². The first kappa shape index (κ1) is 28.9. The summed E-state index contributed by atoms with van der Waals surface area (Å²) in [6, 6.07) is 27.2. The molecule has 0 bridgehead atoms. The molecule has 0 saturated carbocycles. The van der Waals surface area contributed by atoms with E-state index in [4.69, 9.17) is 4.52 Å². The number of fused-ring (bicyclic) bond motifs is 1. The van der Waals surface area contributed by atoms with Crippen LogP contribution in [0, 0.1) is 13.8 Å². The average Bonchev–Trinajstić information content (AvgIpc) is 3.71. The quantitative estimate of drug-likeness (QED) is 0.207. The van der Waals surface area contributed by atoms with Crippen LogP contribution in [0.4, 0.5) is 0 Å². The average molecular weight is 586 g/mol. The molecule has 2 amide bonds. The van der Waals surface area contributed by atoms with Gasteiger partial charge in [-0.2, -0.15) is 5.10 Å². The lowest BCUT2D eigenvalue weighted by atomic mass is 9.97.